The van der Waals surface area contributed by atoms with Crippen molar-refractivity contribution in [3.05, 3.63) is 28.3 Å². The summed E-state index contributed by atoms with van der Waals surface area (Å²) in [5.41, 5.74) is 2.90. The van der Waals surface area contributed by atoms with E-state index in [9.17, 15) is 8.42 Å². The Bertz CT molecular complexity index is 666. The van der Waals surface area contributed by atoms with E-state index in [2.05, 4.69) is 5.32 Å². The van der Waals surface area contributed by atoms with Crippen molar-refractivity contribution in [3.63, 3.8) is 0 Å². The van der Waals surface area contributed by atoms with Gasteiger partial charge in [0.25, 0.3) is 0 Å². The third-order valence-electron chi connectivity index (χ3n) is 3.91. The minimum Gasteiger partial charge on any atom is -0.345 e. The first-order chi connectivity index (χ1) is 10.2. The third kappa shape index (κ3) is 3.91. The highest BCUT2D eigenvalue weighted by Gasteiger charge is 2.32. The van der Waals surface area contributed by atoms with Crippen molar-refractivity contribution in [2.75, 3.05) is 23.4 Å². The number of anilines is 1. The van der Waals surface area contributed by atoms with Gasteiger partial charge in [0.1, 0.15) is 0 Å². The Kier molecular flexibility index (Phi) is 5.35. The molecule has 0 amide bonds. The summed E-state index contributed by atoms with van der Waals surface area (Å²) in [6.45, 7) is 6.60. The van der Waals surface area contributed by atoms with Crippen LogP contribution in [0.1, 0.15) is 24.5 Å². The SMILES string of the molecule is CCN(C(=S)Nc1c(C)cc(C)cc1Cl)[C@@H]1CCS(=O)(=O)C1. The number of sulfone groups is 1. The van der Waals surface area contributed by atoms with Crippen molar-refractivity contribution in [2.45, 2.75) is 33.2 Å². The predicted molar refractivity (Wildman–Crippen MR) is 96.6 cm³/mol. The molecule has 0 radical (unpaired) electrons. The van der Waals surface area contributed by atoms with Crippen LogP contribution in [-0.2, 0) is 9.84 Å². The first kappa shape index (κ1) is 17.5. The molecule has 1 aromatic carbocycles. The van der Waals surface area contributed by atoms with E-state index in [0.29, 0.717) is 23.1 Å². The molecule has 1 heterocycles. The fourth-order valence-electron chi connectivity index (χ4n) is 2.84. The number of thiocarbonyl (C=S) groups is 1. The molecule has 1 fully saturated rings. The molecule has 0 saturated carbocycles. The van der Waals surface area contributed by atoms with Gasteiger partial charge in [-0.15, -0.1) is 0 Å². The molecule has 1 atom stereocenters. The number of nitrogens with zero attached hydrogens (tertiary/aromatic N) is 1. The molecule has 22 heavy (non-hydrogen) atoms. The van der Waals surface area contributed by atoms with Gasteiger partial charge in [-0.1, -0.05) is 17.7 Å². The maximum Gasteiger partial charge on any atom is 0.173 e. The van der Waals surface area contributed by atoms with Gasteiger partial charge < -0.3 is 10.2 Å². The van der Waals surface area contributed by atoms with Crippen LogP contribution in [0.5, 0.6) is 0 Å². The van der Waals surface area contributed by atoms with Gasteiger partial charge in [-0.05, 0) is 56.6 Å². The maximum absolute atomic E-state index is 11.7. The van der Waals surface area contributed by atoms with Crippen molar-refractivity contribution >= 4 is 44.5 Å². The van der Waals surface area contributed by atoms with Crippen LogP contribution in [0, 0.1) is 13.8 Å². The quantitative estimate of drug-likeness (QED) is 0.839. The Morgan fingerprint density at radius 1 is 1.45 bits per heavy atom. The second-order valence-corrected chi connectivity index (χ2v) is 8.73. The third-order valence-corrected chi connectivity index (χ3v) is 6.30. The van der Waals surface area contributed by atoms with Crippen LogP contribution in [0.25, 0.3) is 0 Å². The monoisotopic (exact) mass is 360 g/mol. The number of hydrogen-bond acceptors (Lipinski definition) is 3. The Morgan fingerprint density at radius 2 is 2.14 bits per heavy atom. The van der Waals surface area contributed by atoms with E-state index in [1.54, 1.807) is 0 Å². The molecule has 1 N–H and O–H groups in total. The number of halogens is 1. The van der Waals surface area contributed by atoms with Crippen LogP contribution in [-0.4, -0.2) is 42.5 Å². The molecule has 1 saturated heterocycles. The first-order valence-corrected chi connectivity index (χ1v) is 9.89. The molecular weight excluding hydrogens is 340 g/mol. The van der Waals surface area contributed by atoms with Gasteiger partial charge in [0, 0.05) is 12.6 Å². The van der Waals surface area contributed by atoms with Gasteiger partial charge in [-0.3, -0.25) is 0 Å². The Balaban J connectivity index is 2.17. The zero-order chi connectivity index (χ0) is 16.5. The molecule has 0 bridgehead atoms. The zero-order valence-corrected chi connectivity index (χ0v) is 15.4. The van der Waals surface area contributed by atoms with E-state index in [1.165, 1.54) is 0 Å². The van der Waals surface area contributed by atoms with Gasteiger partial charge in [0.15, 0.2) is 14.9 Å². The van der Waals surface area contributed by atoms with E-state index in [-0.39, 0.29) is 17.5 Å². The Hall–Kier alpha value is -0.850. The number of benzene rings is 1. The molecule has 0 aromatic heterocycles. The topological polar surface area (TPSA) is 49.4 Å². The highest BCUT2D eigenvalue weighted by molar-refractivity contribution is 7.91. The van der Waals surface area contributed by atoms with Crippen molar-refractivity contribution < 1.29 is 8.42 Å². The highest BCUT2D eigenvalue weighted by atomic mass is 35.5. The van der Waals surface area contributed by atoms with Crippen LogP contribution in [0.2, 0.25) is 5.02 Å². The largest absolute Gasteiger partial charge is 0.345 e. The molecule has 1 aliphatic heterocycles. The summed E-state index contributed by atoms with van der Waals surface area (Å²) >= 11 is 11.8. The molecule has 0 unspecified atom stereocenters. The summed E-state index contributed by atoms with van der Waals surface area (Å²) < 4.78 is 23.4. The highest BCUT2D eigenvalue weighted by Crippen LogP contribution is 2.28. The summed E-state index contributed by atoms with van der Waals surface area (Å²) in [4.78, 5) is 1.94. The maximum atomic E-state index is 11.7. The lowest BCUT2D eigenvalue weighted by Crippen LogP contribution is -2.43. The van der Waals surface area contributed by atoms with E-state index in [0.717, 1.165) is 16.8 Å². The summed E-state index contributed by atoms with van der Waals surface area (Å²) in [5, 5.41) is 4.34. The van der Waals surface area contributed by atoms with Gasteiger partial charge in [-0.25, -0.2) is 8.42 Å². The summed E-state index contributed by atoms with van der Waals surface area (Å²) in [7, 11) is -2.93. The van der Waals surface area contributed by atoms with E-state index >= 15 is 0 Å². The van der Waals surface area contributed by atoms with Crippen molar-refractivity contribution in [2.24, 2.45) is 0 Å². The Labute approximate surface area is 142 Å². The lowest BCUT2D eigenvalue weighted by Gasteiger charge is -2.30. The smallest absolute Gasteiger partial charge is 0.173 e. The van der Waals surface area contributed by atoms with Crippen molar-refractivity contribution in [1.82, 2.24) is 4.90 Å². The number of aryl methyl sites for hydroxylation is 2. The number of rotatable bonds is 3. The normalized spacial score (nSPS) is 19.9. The second-order valence-electron chi connectivity index (χ2n) is 5.71. The molecule has 7 heteroatoms. The Morgan fingerprint density at radius 3 is 2.64 bits per heavy atom. The van der Waals surface area contributed by atoms with Crippen LogP contribution < -0.4 is 5.32 Å². The number of nitrogens with one attached hydrogen (secondary N) is 1. The van der Waals surface area contributed by atoms with Gasteiger partial charge >= 0.3 is 0 Å². The average Bonchev–Trinajstić information content (AvgIpc) is 2.75. The van der Waals surface area contributed by atoms with Crippen LogP contribution in [0.4, 0.5) is 5.69 Å². The molecule has 4 nitrogen and oxygen atoms in total. The van der Waals surface area contributed by atoms with Crippen LogP contribution >= 0.6 is 23.8 Å². The minimum absolute atomic E-state index is 0.0560. The standard InChI is InChI=1S/C15H21ClN2O2S2/c1-4-18(12-5-6-22(19,20)9-12)15(21)17-14-11(3)7-10(2)8-13(14)16/h7-8,12H,4-6,9H2,1-3H3,(H,17,21)/t12-/m1/s1. The molecule has 0 spiro atoms. The van der Waals surface area contributed by atoms with Gasteiger partial charge in [-0.2, -0.15) is 0 Å². The van der Waals surface area contributed by atoms with E-state index in [4.69, 9.17) is 23.8 Å². The minimum atomic E-state index is -2.93. The molecular formula is C15H21ClN2O2S2. The van der Waals surface area contributed by atoms with Crippen molar-refractivity contribution in [3.8, 4) is 0 Å². The molecule has 1 aromatic rings. The summed E-state index contributed by atoms with van der Waals surface area (Å²) in [6.07, 6.45) is 0.624. The molecule has 0 aliphatic carbocycles. The second kappa shape index (κ2) is 6.72. The lowest BCUT2D eigenvalue weighted by molar-refractivity contribution is 0.355. The molecule has 122 valence electrons. The fourth-order valence-corrected chi connectivity index (χ4v) is 5.32. The van der Waals surface area contributed by atoms with Crippen molar-refractivity contribution in [1.29, 1.82) is 0 Å². The van der Waals surface area contributed by atoms with Gasteiger partial charge in [0.2, 0.25) is 0 Å². The fraction of sp³-hybridized carbons (Fsp3) is 0.533. The van der Waals surface area contributed by atoms with Crippen LogP contribution in [0.3, 0.4) is 0 Å². The summed E-state index contributed by atoms with van der Waals surface area (Å²) in [6, 6.07) is 3.86. The van der Waals surface area contributed by atoms with E-state index in [1.807, 2.05) is 37.8 Å². The van der Waals surface area contributed by atoms with Gasteiger partial charge in [0.05, 0.1) is 22.2 Å². The lowest BCUT2D eigenvalue weighted by atomic mass is 10.1. The predicted octanol–water partition coefficient (Wildman–Crippen LogP) is 3.16. The zero-order valence-electron chi connectivity index (χ0n) is 13.0. The average molecular weight is 361 g/mol. The first-order valence-electron chi connectivity index (χ1n) is 7.28. The molecule has 2 rings (SSSR count). The number of hydrogen-bond donors (Lipinski definition) is 1. The molecule has 1 aliphatic rings. The van der Waals surface area contributed by atoms with E-state index < -0.39 is 9.84 Å². The summed E-state index contributed by atoms with van der Waals surface area (Å²) in [5.74, 6) is 0.407. The van der Waals surface area contributed by atoms with Crippen LogP contribution in [0.15, 0.2) is 12.1 Å².